The molecule has 28 heavy (non-hydrogen) atoms. The van der Waals surface area contributed by atoms with Crippen molar-refractivity contribution < 1.29 is 9.59 Å². The first-order chi connectivity index (χ1) is 13.5. The van der Waals surface area contributed by atoms with Gasteiger partial charge in [-0.3, -0.25) is 9.59 Å². The molecule has 3 rings (SSSR count). The molecule has 0 aromatic carbocycles. The van der Waals surface area contributed by atoms with Crippen molar-refractivity contribution in [1.82, 2.24) is 20.1 Å². The lowest BCUT2D eigenvalue weighted by Crippen LogP contribution is -2.41. The quantitative estimate of drug-likeness (QED) is 0.787. The van der Waals surface area contributed by atoms with Crippen LogP contribution in [0.4, 0.5) is 0 Å². The second-order valence-corrected chi connectivity index (χ2v) is 8.57. The predicted molar refractivity (Wildman–Crippen MR) is 112 cm³/mol. The van der Waals surface area contributed by atoms with Crippen molar-refractivity contribution in [2.75, 3.05) is 39.3 Å². The molecule has 0 aliphatic carbocycles. The number of carbonyl (C=O) groups is 2. The number of piperidine rings is 2. The summed E-state index contributed by atoms with van der Waals surface area (Å²) in [6.45, 7) is 11.6. The van der Waals surface area contributed by atoms with Crippen LogP contribution in [0.15, 0.2) is 0 Å². The fourth-order valence-corrected chi connectivity index (χ4v) is 4.43. The van der Waals surface area contributed by atoms with E-state index >= 15 is 0 Å². The van der Waals surface area contributed by atoms with Gasteiger partial charge >= 0.3 is 0 Å². The Labute approximate surface area is 169 Å². The van der Waals surface area contributed by atoms with E-state index in [1.54, 1.807) is 0 Å². The van der Waals surface area contributed by atoms with Gasteiger partial charge < -0.3 is 20.1 Å². The Balaban J connectivity index is 1.38. The Morgan fingerprint density at radius 2 is 1.68 bits per heavy atom. The van der Waals surface area contributed by atoms with Gasteiger partial charge in [-0.25, -0.2) is 0 Å². The Hall–Kier alpha value is -1.82. The van der Waals surface area contributed by atoms with Crippen LogP contribution in [-0.2, 0) is 4.79 Å². The van der Waals surface area contributed by atoms with Crippen molar-refractivity contribution in [3.05, 3.63) is 22.5 Å². The first-order valence-electron chi connectivity index (χ1n) is 10.9. The minimum Gasteiger partial charge on any atom is -0.355 e. The molecule has 2 amide bonds. The number of aromatic nitrogens is 1. The largest absolute Gasteiger partial charge is 0.355 e. The number of hydrogen-bond donors (Lipinski definition) is 2. The zero-order valence-corrected chi connectivity index (χ0v) is 17.8. The molecule has 0 unspecified atom stereocenters. The summed E-state index contributed by atoms with van der Waals surface area (Å²) in [6.07, 6.45) is 6.30. The zero-order valence-electron chi connectivity index (χ0n) is 17.8. The smallest absolute Gasteiger partial charge is 0.270 e. The van der Waals surface area contributed by atoms with Crippen molar-refractivity contribution in [2.24, 2.45) is 5.92 Å². The third-order valence-corrected chi connectivity index (χ3v) is 6.60. The Morgan fingerprint density at radius 1 is 1.00 bits per heavy atom. The topological polar surface area (TPSA) is 68.4 Å². The molecule has 2 N–H and O–H groups in total. The number of rotatable bonds is 6. The number of aryl methyl sites for hydroxylation is 1. The van der Waals surface area contributed by atoms with Crippen LogP contribution in [0.5, 0.6) is 0 Å². The number of amides is 2. The summed E-state index contributed by atoms with van der Waals surface area (Å²) in [5.41, 5.74) is 4.01. The molecule has 3 heterocycles. The number of likely N-dealkylation sites (tertiary alicyclic amines) is 2. The summed E-state index contributed by atoms with van der Waals surface area (Å²) in [6, 6.07) is 0. The van der Waals surface area contributed by atoms with Crippen LogP contribution in [0.1, 0.15) is 65.8 Å². The van der Waals surface area contributed by atoms with Crippen LogP contribution in [0.3, 0.4) is 0 Å². The SMILES string of the molecule is Cc1[nH]c(C(=O)N2CCC(CC(=O)NCCN3CCCCC3)CC2)c(C)c1C. The normalized spacial score (nSPS) is 19.0. The van der Waals surface area contributed by atoms with E-state index in [2.05, 4.69) is 15.2 Å². The second kappa shape index (κ2) is 9.59. The standard InChI is InChI=1S/C22H36N4O2/c1-16-17(2)21(24-18(16)3)22(28)26-12-7-19(8-13-26)15-20(27)23-9-14-25-10-5-4-6-11-25/h19,24H,4-15H2,1-3H3,(H,23,27). The second-order valence-electron chi connectivity index (χ2n) is 8.57. The number of H-pyrrole nitrogens is 1. The summed E-state index contributed by atoms with van der Waals surface area (Å²) in [7, 11) is 0. The van der Waals surface area contributed by atoms with Crippen molar-refractivity contribution in [2.45, 2.75) is 59.3 Å². The van der Waals surface area contributed by atoms with E-state index in [0.29, 0.717) is 12.3 Å². The molecule has 0 bridgehead atoms. The fourth-order valence-electron chi connectivity index (χ4n) is 4.43. The fraction of sp³-hybridized carbons (Fsp3) is 0.727. The molecule has 2 aliphatic rings. The lowest BCUT2D eigenvalue weighted by atomic mass is 9.93. The highest BCUT2D eigenvalue weighted by Crippen LogP contribution is 2.24. The van der Waals surface area contributed by atoms with E-state index in [1.165, 1.54) is 37.9 Å². The summed E-state index contributed by atoms with van der Waals surface area (Å²) in [4.78, 5) is 32.7. The van der Waals surface area contributed by atoms with Crippen molar-refractivity contribution in [1.29, 1.82) is 0 Å². The van der Waals surface area contributed by atoms with Gasteiger partial charge in [-0.15, -0.1) is 0 Å². The Bertz CT molecular complexity index is 683. The molecule has 6 nitrogen and oxygen atoms in total. The average Bonchev–Trinajstić information content (AvgIpc) is 2.96. The van der Waals surface area contributed by atoms with Gasteiger partial charge in [-0.05, 0) is 76.6 Å². The number of aromatic amines is 1. The minimum absolute atomic E-state index is 0.0955. The maximum Gasteiger partial charge on any atom is 0.270 e. The number of nitrogens with one attached hydrogen (secondary N) is 2. The van der Waals surface area contributed by atoms with Crippen molar-refractivity contribution >= 4 is 11.8 Å². The molecule has 2 aliphatic heterocycles. The van der Waals surface area contributed by atoms with Gasteiger partial charge in [0.15, 0.2) is 0 Å². The van der Waals surface area contributed by atoms with E-state index in [0.717, 1.165) is 56.0 Å². The predicted octanol–water partition coefficient (Wildman–Crippen LogP) is 2.78. The van der Waals surface area contributed by atoms with E-state index in [1.807, 2.05) is 25.7 Å². The summed E-state index contributed by atoms with van der Waals surface area (Å²) in [5, 5.41) is 3.09. The molecule has 1 aromatic rings. The van der Waals surface area contributed by atoms with Crippen LogP contribution in [-0.4, -0.2) is 65.9 Å². The van der Waals surface area contributed by atoms with Gasteiger partial charge in [0.05, 0.1) is 0 Å². The molecular formula is C22H36N4O2. The third-order valence-electron chi connectivity index (χ3n) is 6.60. The highest BCUT2D eigenvalue weighted by Gasteiger charge is 2.27. The van der Waals surface area contributed by atoms with Crippen molar-refractivity contribution in [3.63, 3.8) is 0 Å². The van der Waals surface area contributed by atoms with Gasteiger partial charge in [0.2, 0.25) is 5.91 Å². The lowest BCUT2D eigenvalue weighted by Gasteiger charge is -2.32. The number of nitrogens with zero attached hydrogens (tertiary/aromatic N) is 2. The van der Waals surface area contributed by atoms with Gasteiger partial charge in [0, 0.05) is 38.3 Å². The van der Waals surface area contributed by atoms with E-state index in [9.17, 15) is 9.59 Å². The third kappa shape index (κ3) is 5.16. The highest BCUT2D eigenvalue weighted by atomic mass is 16.2. The minimum atomic E-state index is 0.0955. The summed E-state index contributed by atoms with van der Waals surface area (Å²) < 4.78 is 0. The van der Waals surface area contributed by atoms with Gasteiger partial charge in [0.1, 0.15) is 5.69 Å². The first kappa shape index (κ1) is 20.9. The van der Waals surface area contributed by atoms with E-state index < -0.39 is 0 Å². The molecule has 156 valence electrons. The highest BCUT2D eigenvalue weighted by molar-refractivity contribution is 5.94. The van der Waals surface area contributed by atoms with Crippen LogP contribution < -0.4 is 5.32 Å². The van der Waals surface area contributed by atoms with Gasteiger partial charge in [0.25, 0.3) is 5.91 Å². The van der Waals surface area contributed by atoms with Gasteiger partial charge in [-0.1, -0.05) is 6.42 Å². The molecule has 2 saturated heterocycles. The van der Waals surface area contributed by atoms with Crippen LogP contribution in [0.2, 0.25) is 0 Å². The maximum atomic E-state index is 12.8. The average molecular weight is 389 g/mol. The lowest BCUT2D eigenvalue weighted by molar-refractivity contribution is -0.122. The molecular weight excluding hydrogens is 352 g/mol. The number of carbonyl (C=O) groups excluding carboxylic acids is 2. The Kier molecular flexibility index (Phi) is 7.16. The van der Waals surface area contributed by atoms with Crippen LogP contribution in [0.25, 0.3) is 0 Å². The van der Waals surface area contributed by atoms with Crippen LogP contribution in [0, 0.1) is 26.7 Å². The van der Waals surface area contributed by atoms with Gasteiger partial charge in [-0.2, -0.15) is 0 Å². The summed E-state index contributed by atoms with van der Waals surface area (Å²) >= 11 is 0. The zero-order chi connectivity index (χ0) is 20.1. The molecule has 0 radical (unpaired) electrons. The molecule has 0 atom stereocenters. The summed E-state index contributed by atoms with van der Waals surface area (Å²) in [5.74, 6) is 0.638. The first-order valence-corrected chi connectivity index (χ1v) is 10.9. The molecule has 1 aromatic heterocycles. The molecule has 0 spiro atoms. The maximum absolute atomic E-state index is 12.8. The van der Waals surface area contributed by atoms with Crippen LogP contribution >= 0.6 is 0 Å². The monoisotopic (exact) mass is 388 g/mol. The molecule has 0 saturated carbocycles. The van der Waals surface area contributed by atoms with E-state index in [4.69, 9.17) is 0 Å². The molecule has 6 heteroatoms. The van der Waals surface area contributed by atoms with E-state index in [-0.39, 0.29) is 11.8 Å². The number of hydrogen-bond acceptors (Lipinski definition) is 3. The van der Waals surface area contributed by atoms with Crippen molar-refractivity contribution in [3.8, 4) is 0 Å². The Morgan fingerprint density at radius 3 is 2.29 bits per heavy atom. The molecule has 2 fully saturated rings.